The molecule has 18 heavy (non-hydrogen) atoms. The zero-order chi connectivity index (χ0) is 12.5. The summed E-state index contributed by atoms with van der Waals surface area (Å²) < 4.78 is 5.81. The molecule has 0 N–H and O–H groups in total. The molecule has 2 aliphatic rings. The third-order valence-corrected chi connectivity index (χ3v) is 4.24. The van der Waals surface area contributed by atoms with E-state index in [1.54, 1.807) is 0 Å². The summed E-state index contributed by atoms with van der Waals surface area (Å²) in [6.45, 7) is 3.66. The fourth-order valence-corrected chi connectivity index (χ4v) is 3.19. The van der Waals surface area contributed by atoms with Gasteiger partial charge in [-0.1, -0.05) is 0 Å². The Hall–Kier alpha value is -0.870. The van der Waals surface area contributed by atoms with E-state index in [4.69, 9.17) is 16.3 Å². The lowest BCUT2D eigenvalue weighted by Gasteiger charge is -2.37. The van der Waals surface area contributed by atoms with E-state index < -0.39 is 0 Å². The number of hydrogen-bond acceptors (Lipinski definition) is 4. The van der Waals surface area contributed by atoms with Gasteiger partial charge >= 0.3 is 0 Å². The van der Waals surface area contributed by atoms with Crippen LogP contribution in [0.5, 0.6) is 0 Å². The van der Waals surface area contributed by atoms with Crippen LogP contribution >= 0.6 is 11.6 Å². The van der Waals surface area contributed by atoms with Gasteiger partial charge in [-0.3, -0.25) is 0 Å². The lowest BCUT2D eigenvalue weighted by molar-refractivity contribution is 0.0249. The standard InChI is InChI=1S/C13H18ClN3O/c1-9-10(7-14)8-15-13(16-9)17-5-6-18-12-4-2-3-11(12)17/h8,11-12H,2-7H2,1H3. The average Bonchev–Trinajstić information content (AvgIpc) is 2.86. The second-order valence-corrected chi connectivity index (χ2v) is 5.28. The third-order valence-electron chi connectivity index (χ3n) is 3.95. The lowest BCUT2D eigenvalue weighted by Crippen LogP contribution is -2.49. The van der Waals surface area contributed by atoms with Crippen molar-refractivity contribution in [3.05, 3.63) is 17.5 Å². The summed E-state index contributed by atoms with van der Waals surface area (Å²) in [6, 6.07) is 0.458. The molecule has 5 heteroatoms. The number of ether oxygens (including phenoxy) is 1. The number of alkyl halides is 1. The predicted molar refractivity (Wildman–Crippen MR) is 71.1 cm³/mol. The SMILES string of the molecule is Cc1nc(N2CCOC3CCCC32)ncc1CCl. The van der Waals surface area contributed by atoms with Gasteiger partial charge in [0, 0.05) is 24.0 Å². The van der Waals surface area contributed by atoms with E-state index in [0.717, 1.165) is 30.4 Å². The number of anilines is 1. The molecule has 2 atom stereocenters. The van der Waals surface area contributed by atoms with Crippen LogP contribution in [0, 0.1) is 6.92 Å². The summed E-state index contributed by atoms with van der Waals surface area (Å²) in [4.78, 5) is 11.4. The summed E-state index contributed by atoms with van der Waals surface area (Å²) in [5, 5.41) is 0. The Morgan fingerprint density at radius 1 is 1.50 bits per heavy atom. The number of aromatic nitrogens is 2. The lowest BCUT2D eigenvalue weighted by atomic mass is 10.1. The van der Waals surface area contributed by atoms with Gasteiger partial charge in [-0.15, -0.1) is 11.6 Å². The van der Waals surface area contributed by atoms with Crippen LogP contribution in [0.3, 0.4) is 0 Å². The van der Waals surface area contributed by atoms with Crippen LogP contribution in [-0.2, 0) is 10.6 Å². The molecule has 0 amide bonds. The first kappa shape index (κ1) is 12.2. The molecular weight excluding hydrogens is 250 g/mol. The van der Waals surface area contributed by atoms with E-state index in [0.29, 0.717) is 18.0 Å². The van der Waals surface area contributed by atoms with Gasteiger partial charge < -0.3 is 9.64 Å². The fourth-order valence-electron chi connectivity index (χ4n) is 2.92. The van der Waals surface area contributed by atoms with Crippen LogP contribution in [-0.4, -0.2) is 35.3 Å². The molecule has 1 aromatic rings. The van der Waals surface area contributed by atoms with Gasteiger partial charge in [0.05, 0.1) is 24.6 Å². The van der Waals surface area contributed by atoms with Crippen molar-refractivity contribution in [3.8, 4) is 0 Å². The minimum absolute atomic E-state index is 0.371. The van der Waals surface area contributed by atoms with Crippen LogP contribution in [0.25, 0.3) is 0 Å². The largest absolute Gasteiger partial charge is 0.374 e. The van der Waals surface area contributed by atoms with Crippen molar-refractivity contribution in [1.82, 2.24) is 9.97 Å². The van der Waals surface area contributed by atoms with E-state index >= 15 is 0 Å². The molecule has 3 rings (SSSR count). The summed E-state index contributed by atoms with van der Waals surface area (Å²) in [6.07, 6.45) is 5.81. The molecule has 2 unspecified atom stereocenters. The monoisotopic (exact) mass is 267 g/mol. The van der Waals surface area contributed by atoms with Gasteiger partial charge in [-0.25, -0.2) is 9.97 Å². The summed E-state index contributed by atoms with van der Waals surface area (Å²) in [5.41, 5.74) is 1.99. The maximum Gasteiger partial charge on any atom is 0.225 e. The van der Waals surface area contributed by atoms with Gasteiger partial charge in [0.25, 0.3) is 0 Å². The second kappa shape index (κ2) is 5.02. The molecule has 2 fully saturated rings. The van der Waals surface area contributed by atoms with Crippen LogP contribution in [0.15, 0.2) is 6.20 Å². The van der Waals surface area contributed by atoms with Gasteiger partial charge in [0.15, 0.2) is 0 Å². The van der Waals surface area contributed by atoms with E-state index in [9.17, 15) is 0 Å². The zero-order valence-corrected chi connectivity index (χ0v) is 11.4. The molecule has 1 aliphatic heterocycles. The Bertz CT molecular complexity index is 440. The van der Waals surface area contributed by atoms with Crippen molar-refractivity contribution in [2.45, 2.75) is 44.2 Å². The highest BCUT2D eigenvalue weighted by Crippen LogP contribution is 2.31. The normalized spacial score (nSPS) is 27.3. The highest BCUT2D eigenvalue weighted by molar-refractivity contribution is 6.17. The molecule has 2 heterocycles. The third kappa shape index (κ3) is 2.08. The van der Waals surface area contributed by atoms with Crippen molar-refractivity contribution < 1.29 is 4.74 Å². The molecule has 1 saturated heterocycles. The highest BCUT2D eigenvalue weighted by atomic mass is 35.5. The van der Waals surface area contributed by atoms with Gasteiger partial charge in [0.2, 0.25) is 5.95 Å². The van der Waals surface area contributed by atoms with E-state index in [1.807, 2.05) is 13.1 Å². The molecule has 4 nitrogen and oxygen atoms in total. The minimum atomic E-state index is 0.371. The second-order valence-electron chi connectivity index (χ2n) is 5.02. The van der Waals surface area contributed by atoms with Crippen LogP contribution in [0.2, 0.25) is 0 Å². The first-order chi connectivity index (χ1) is 8.79. The Kier molecular flexibility index (Phi) is 3.39. The van der Waals surface area contributed by atoms with Gasteiger partial charge in [-0.2, -0.15) is 0 Å². The van der Waals surface area contributed by atoms with E-state index in [-0.39, 0.29) is 0 Å². The van der Waals surface area contributed by atoms with Crippen molar-refractivity contribution in [2.75, 3.05) is 18.1 Å². The molecule has 1 saturated carbocycles. The van der Waals surface area contributed by atoms with Crippen molar-refractivity contribution in [1.29, 1.82) is 0 Å². The maximum absolute atomic E-state index is 5.85. The number of rotatable bonds is 2. The van der Waals surface area contributed by atoms with Crippen LogP contribution in [0.4, 0.5) is 5.95 Å². The van der Waals surface area contributed by atoms with Gasteiger partial charge in [0.1, 0.15) is 0 Å². The summed E-state index contributed by atoms with van der Waals surface area (Å²) >= 11 is 5.85. The number of fused-ring (bicyclic) bond motifs is 1. The molecule has 98 valence electrons. The molecule has 0 aromatic carbocycles. The zero-order valence-electron chi connectivity index (χ0n) is 10.6. The van der Waals surface area contributed by atoms with Crippen LogP contribution in [0.1, 0.15) is 30.5 Å². The Balaban J connectivity index is 1.87. The summed E-state index contributed by atoms with van der Waals surface area (Å²) in [7, 11) is 0. The minimum Gasteiger partial charge on any atom is -0.374 e. The average molecular weight is 268 g/mol. The number of hydrogen-bond donors (Lipinski definition) is 0. The maximum atomic E-state index is 5.85. The number of morpholine rings is 1. The Morgan fingerprint density at radius 2 is 2.39 bits per heavy atom. The van der Waals surface area contributed by atoms with Crippen molar-refractivity contribution >= 4 is 17.5 Å². The number of aryl methyl sites for hydroxylation is 1. The van der Waals surface area contributed by atoms with E-state index in [1.165, 1.54) is 19.3 Å². The Labute approximate surface area is 112 Å². The predicted octanol–water partition coefficient (Wildman–Crippen LogP) is 2.28. The number of nitrogens with zero attached hydrogens (tertiary/aromatic N) is 3. The molecular formula is C13H18ClN3O. The Morgan fingerprint density at radius 3 is 3.17 bits per heavy atom. The fraction of sp³-hybridized carbons (Fsp3) is 0.692. The molecule has 1 aromatic heterocycles. The molecule has 0 radical (unpaired) electrons. The van der Waals surface area contributed by atoms with E-state index in [2.05, 4.69) is 14.9 Å². The molecule has 1 aliphatic carbocycles. The molecule has 0 bridgehead atoms. The van der Waals surface area contributed by atoms with Crippen LogP contribution < -0.4 is 4.90 Å². The highest BCUT2D eigenvalue weighted by Gasteiger charge is 2.37. The first-order valence-corrected chi connectivity index (χ1v) is 7.10. The molecule has 0 spiro atoms. The van der Waals surface area contributed by atoms with Gasteiger partial charge in [-0.05, 0) is 26.2 Å². The quantitative estimate of drug-likeness (QED) is 0.771. The number of halogens is 1. The van der Waals surface area contributed by atoms with Crippen molar-refractivity contribution in [2.24, 2.45) is 0 Å². The smallest absolute Gasteiger partial charge is 0.225 e. The summed E-state index contributed by atoms with van der Waals surface area (Å²) in [5.74, 6) is 1.31. The first-order valence-electron chi connectivity index (χ1n) is 6.56. The van der Waals surface area contributed by atoms with Crippen molar-refractivity contribution in [3.63, 3.8) is 0 Å². The topological polar surface area (TPSA) is 38.2 Å².